The minimum absolute atomic E-state index is 0.0174. The first-order valence-electron chi connectivity index (χ1n) is 6.53. The van der Waals surface area contributed by atoms with Crippen LogP contribution in [0.3, 0.4) is 0 Å². The Morgan fingerprint density at radius 3 is 3.11 bits per heavy atom. The van der Waals surface area contributed by atoms with Gasteiger partial charge in [0.2, 0.25) is 5.91 Å². The van der Waals surface area contributed by atoms with Gasteiger partial charge in [-0.1, -0.05) is 17.7 Å². The molecule has 0 radical (unpaired) electrons. The summed E-state index contributed by atoms with van der Waals surface area (Å²) >= 11 is 5.87. The molecule has 1 aromatic rings. The maximum Gasteiger partial charge on any atom is 0.239 e. The van der Waals surface area contributed by atoms with E-state index in [1.807, 2.05) is 19.2 Å². The van der Waals surface area contributed by atoms with Gasteiger partial charge in [-0.25, -0.2) is 0 Å². The Hall–Kier alpha value is -1.26. The van der Waals surface area contributed by atoms with Crippen molar-refractivity contribution in [2.24, 2.45) is 0 Å². The highest BCUT2D eigenvalue weighted by molar-refractivity contribution is 6.30. The lowest BCUT2D eigenvalue weighted by Crippen LogP contribution is -2.43. The van der Waals surface area contributed by atoms with Crippen molar-refractivity contribution in [2.75, 3.05) is 26.7 Å². The molecule has 0 saturated carbocycles. The number of benzene rings is 1. The molecule has 1 saturated heterocycles. The number of likely N-dealkylation sites (N-methyl/N-ethyl adjacent to an activating group) is 1. The first-order valence-corrected chi connectivity index (χ1v) is 6.91. The third kappa shape index (κ3) is 4.11. The zero-order chi connectivity index (χ0) is 13.7. The predicted octanol–water partition coefficient (Wildman–Crippen LogP) is 1.93. The van der Waals surface area contributed by atoms with Gasteiger partial charge in [-0.2, -0.15) is 0 Å². The third-order valence-corrected chi connectivity index (χ3v) is 3.46. The van der Waals surface area contributed by atoms with Gasteiger partial charge < -0.3 is 15.0 Å². The molecule has 5 heteroatoms. The van der Waals surface area contributed by atoms with E-state index in [9.17, 15) is 4.79 Å². The average molecular weight is 283 g/mol. The van der Waals surface area contributed by atoms with Crippen molar-refractivity contribution in [3.63, 3.8) is 0 Å². The molecule has 0 spiro atoms. The molecule has 1 fully saturated rings. The lowest BCUT2D eigenvalue weighted by Gasteiger charge is -2.21. The van der Waals surface area contributed by atoms with Crippen molar-refractivity contribution < 1.29 is 9.53 Å². The van der Waals surface area contributed by atoms with Crippen LogP contribution in [0.1, 0.15) is 12.8 Å². The van der Waals surface area contributed by atoms with Gasteiger partial charge in [0.05, 0.1) is 12.6 Å². The van der Waals surface area contributed by atoms with Gasteiger partial charge in [0.15, 0.2) is 0 Å². The SMILES string of the molecule is CN(CCOc1cccc(Cl)c1)C(=O)C1CCCN1. The first kappa shape index (κ1) is 14.2. The van der Waals surface area contributed by atoms with Crippen molar-refractivity contribution in [3.8, 4) is 5.75 Å². The summed E-state index contributed by atoms with van der Waals surface area (Å²) < 4.78 is 5.57. The van der Waals surface area contributed by atoms with E-state index in [-0.39, 0.29) is 11.9 Å². The van der Waals surface area contributed by atoms with Gasteiger partial charge >= 0.3 is 0 Å². The Bertz CT molecular complexity index is 433. The molecule has 1 atom stereocenters. The van der Waals surface area contributed by atoms with Crippen molar-refractivity contribution >= 4 is 17.5 Å². The summed E-state index contributed by atoms with van der Waals surface area (Å²) in [6, 6.07) is 7.25. The van der Waals surface area contributed by atoms with Crippen molar-refractivity contribution in [3.05, 3.63) is 29.3 Å². The van der Waals surface area contributed by atoms with Gasteiger partial charge in [0.1, 0.15) is 12.4 Å². The lowest BCUT2D eigenvalue weighted by molar-refractivity contribution is -0.132. The average Bonchev–Trinajstić information content (AvgIpc) is 2.91. The zero-order valence-electron chi connectivity index (χ0n) is 11.1. The zero-order valence-corrected chi connectivity index (χ0v) is 11.8. The summed E-state index contributed by atoms with van der Waals surface area (Å²) in [5, 5.41) is 3.85. The molecule has 1 aliphatic heterocycles. The van der Waals surface area contributed by atoms with Crippen LogP contribution in [0.25, 0.3) is 0 Å². The Balaban J connectivity index is 1.74. The largest absolute Gasteiger partial charge is 0.492 e. The second-order valence-corrected chi connectivity index (χ2v) is 5.15. The number of hydrogen-bond donors (Lipinski definition) is 1. The van der Waals surface area contributed by atoms with Crippen LogP contribution in [0.4, 0.5) is 0 Å². The van der Waals surface area contributed by atoms with E-state index >= 15 is 0 Å². The molecule has 19 heavy (non-hydrogen) atoms. The second kappa shape index (κ2) is 6.78. The minimum atomic E-state index is -0.0174. The van der Waals surface area contributed by atoms with E-state index in [2.05, 4.69) is 5.32 Å². The maximum atomic E-state index is 12.0. The number of carbonyl (C=O) groups is 1. The fourth-order valence-electron chi connectivity index (χ4n) is 2.13. The third-order valence-electron chi connectivity index (χ3n) is 3.23. The van der Waals surface area contributed by atoms with Crippen LogP contribution in [0.5, 0.6) is 5.75 Å². The van der Waals surface area contributed by atoms with E-state index in [1.165, 1.54) is 0 Å². The fourth-order valence-corrected chi connectivity index (χ4v) is 2.31. The molecule has 0 aliphatic carbocycles. The number of nitrogens with one attached hydrogen (secondary N) is 1. The normalized spacial score (nSPS) is 18.3. The van der Waals surface area contributed by atoms with Gasteiger partial charge in [-0.3, -0.25) is 4.79 Å². The highest BCUT2D eigenvalue weighted by atomic mass is 35.5. The Labute approximate surface area is 118 Å². The van der Waals surface area contributed by atoms with Gasteiger partial charge in [0, 0.05) is 12.1 Å². The number of amides is 1. The highest BCUT2D eigenvalue weighted by Crippen LogP contribution is 2.17. The van der Waals surface area contributed by atoms with Crippen molar-refractivity contribution in [1.82, 2.24) is 10.2 Å². The molecule has 1 unspecified atom stereocenters. The van der Waals surface area contributed by atoms with E-state index < -0.39 is 0 Å². The highest BCUT2D eigenvalue weighted by Gasteiger charge is 2.24. The first-order chi connectivity index (χ1) is 9.16. The van der Waals surface area contributed by atoms with Gasteiger partial charge in [0.25, 0.3) is 0 Å². The summed E-state index contributed by atoms with van der Waals surface area (Å²) in [5.74, 6) is 0.875. The monoisotopic (exact) mass is 282 g/mol. The van der Waals surface area contributed by atoms with Crippen LogP contribution < -0.4 is 10.1 Å². The number of rotatable bonds is 5. The second-order valence-electron chi connectivity index (χ2n) is 4.71. The summed E-state index contributed by atoms with van der Waals surface area (Å²) in [6.07, 6.45) is 2.00. The molecular formula is C14H19ClN2O2. The van der Waals surface area contributed by atoms with Gasteiger partial charge in [-0.15, -0.1) is 0 Å². The number of ether oxygens (including phenoxy) is 1. The summed E-state index contributed by atoms with van der Waals surface area (Å²) in [6.45, 7) is 1.97. The van der Waals surface area contributed by atoms with Crippen LogP contribution in [0.2, 0.25) is 5.02 Å². The Morgan fingerprint density at radius 2 is 2.42 bits per heavy atom. The topological polar surface area (TPSA) is 41.6 Å². The van der Waals surface area contributed by atoms with Gasteiger partial charge in [-0.05, 0) is 37.6 Å². The standard InChI is InChI=1S/C14H19ClN2O2/c1-17(14(18)13-6-3-7-16-13)8-9-19-12-5-2-4-11(15)10-12/h2,4-5,10,13,16H,3,6-9H2,1H3. The molecule has 1 aromatic carbocycles. The van der Waals surface area contributed by atoms with Crippen LogP contribution in [0, 0.1) is 0 Å². The number of nitrogens with zero attached hydrogens (tertiary/aromatic N) is 1. The maximum absolute atomic E-state index is 12.0. The van der Waals surface area contributed by atoms with Crippen LogP contribution >= 0.6 is 11.6 Å². The van der Waals surface area contributed by atoms with Crippen LogP contribution in [-0.2, 0) is 4.79 Å². The van der Waals surface area contributed by atoms with Crippen molar-refractivity contribution in [1.29, 1.82) is 0 Å². The molecule has 0 aromatic heterocycles. The van der Waals surface area contributed by atoms with Crippen LogP contribution in [0.15, 0.2) is 24.3 Å². The quantitative estimate of drug-likeness (QED) is 0.897. The number of hydrogen-bond acceptors (Lipinski definition) is 3. The van der Waals surface area contributed by atoms with E-state index in [4.69, 9.17) is 16.3 Å². The molecule has 4 nitrogen and oxygen atoms in total. The van der Waals surface area contributed by atoms with E-state index in [0.717, 1.165) is 25.1 Å². The number of carbonyl (C=O) groups excluding carboxylic acids is 1. The predicted molar refractivity (Wildman–Crippen MR) is 75.6 cm³/mol. The summed E-state index contributed by atoms with van der Waals surface area (Å²) in [7, 11) is 1.81. The minimum Gasteiger partial charge on any atom is -0.492 e. The van der Waals surface area contributed by atoms with E-state index in [0.29, 0.717) is 18.2 Å². The molecule has 1 aliphatic rings. The summed E-state index contributed by atoms with van der Waals surface area (Å²) in [5.41, 5.74) is 0. The molecule has 1 heterocycles. The van der Waals surface area contributed by atoms with Crippen LogP contribution in [-0.4, -0.2) is 43.6 Å². The lowest BCUT2D eigenvalue weighted by atomic mass is 10.2. The molecule has 1 amide bonds. The van der Waals surface area contributed by atoms with E-state index in [1.54, 1.807) is 17.0 Å². The molecule has 1 N–H and O–H groups in total. The Kier molecular flexibility index (Phi) is 5.05. The Morgan fingerprint density at radius 1 is 1.58 bits per heavy atom. The molecular weight excluding hydrogens is 264 g/mol. The number of halogens is 1. The molecule has 104 valence electrons. The molecule has 0 bridgehead atoms. The summed E-state index contributed by atoms with van der Waals surface area (Å²) in [4.78, 5) is 13.7. The molecule has 2 rings (SSSR count). The smallest absolute Gasteiger partial charge is 0.239 e. The van der Waals surface area contributed by atoms with Crippen molar-refractivity contribution in [2.45, 2.75) is 18.9 Å². The fraction of sp³-hybridized carbons (Fsp3) is 0.500.